The fraction of sp³-hybridized carbons (Fsp3) is 0.882. The first-order valence-electron chi connectivity index (χ1n) is 8.31. The van der Waals surface area contributed by atoms with Gasteiger partial charge in [-0.2, -0.15) is 0 Å². The zero-order chi connectivity index (χ0) is 16.3. The van der Waals surface area contributed by atoms with Crippen LogP contribution < -0.4 is 5.32 Å². The molecular weight excluding hydrogens is 264 g/mol. The molecule has 1 aliphatic rings. The highest BCUT2D eigenvalue weighted by Gasteiger charge is 2.42. The molecule has 2 unspecified atom stereocenters. The Morgan fingerprint density at radius 2 is 1.57 bits per heavy atom. The quantitative estimate of drug-likeness (QED) is 0.819. The molecule has 1 rings (SSSR count). The molecule has 0 aliphatic carbocycles. The van der Waals surface area contributed by atoms with Crippen LogP contribution >= 0.6 is 0 Å². The van der Waals surface area contributed by atoms with Crippen molar-refractivity contribution >= 4 is 11.8 Å². The van der Waals surface area contributed by atoms with Crippen molar-refractivity contribution in [3.63, 3.8) is 0 Å². The summed E-state index contributed by atoms with van der Waals surface area (Å²) >= 11 is 0. The molecule has 21 heavy (non-hydrogen) atoms. The zero-order valence-corrected chi connectivity index (χ0v) is 14.6. The fourth-order valence-corrected chi connectivity index (χ4v) is 3.36. The summed E-state index contributed by atoms with van der Waals surface area (Å²) < 4.78 is 0. The topological polar surface area (TPSA) is 49.4 Å². The predicted octanol–water partition coefficient (Wildman–Crippen LogP) is 2.68. The van der Waals surface area contributed by atoms with Crippen LogP contribution in [0.15, 0.2) is 0 Å². The molecule has 4 heteroatoms. The van der Waals surface area contributed by atoms with E-state index in [1.54, 1.807) is 0 Å². The van der Waals surface area contributed by atoms with E-state index < -0.39 is 0 Å². The Kier molecular flexibility index (Phi) is 6.24. The lowest BCUT2D eigenvalue weighted by Gasteiger charge is -2.43. The second-order valence-electron chi connectivity index (χ2n) is 7.30. The van der Waals surface area contributed by atoms with Gasteiger partial charge in [-0.25, -0.2) is 0 Å². The number of carbonyl (C=O) groups excluding carboxylic acids is 2. The lowest BCUT2D eigenvalue weighted by molar-refractivity contribution is -0.152. The van der Waals surface area contributed by atoms with Gasteiger partial charge in [-0.1, -0.05) is 48.5 Å². The van der Waals surface area contributed by atoms with E-state index in [0.29, 0.717) is 30.7 Å². The summed E-state index contributed by atoms with van der Waals surface area (Å²) in [6.07, 6.45) is 0.653. The Morgan fingerprint density at radius 3 is 1.95 bits per heavy atom. The standard InChI is InChI=1S/C17H32N2O2/c1-8-14-17(21)19(9-13(10(2)3)11(4)5)15(12(6)7)16(20)18-14/h10-15H,8-9H2,1-7H3,(H,18,20). The van der Waals surface area contributed by atoms with Crippen LogP contribution in [0.3, 0.4) is 0 Å². The molecule has 2 amide bonds. The number of amides is 2. The Morgan fingerprint density at radius 1 is 1.05 bits per heavy atom. The molecule has 0 radical (unpaired) electrons. The van der Waals surface area contributed by atoms with Gasteiger partial charge in [0.25, 0.3) is 0 Å². The van der Waals surface area contributed by atoms with Crippen LogP contribution in [0, 0.1) is 23.7 Å². The number of hydrogen-bond acceptors (Lipinski definition) is 2. The molecule has 0 bridgehead atoms. The summed E-state index contributed by atoms with van der Waals surface area (Å²) in [5, 5.41) is 2.88. The van der Waals surface area contributed by atoms with Crippen molar-refractivity contribution in [3.05, 3.63) is 0 Å². The molecule has 122 valence electrons. The van der Waals surface area contributed by atoms with Crippen molar-refractivity contribution in [2.75, 3.05) is 6.54 Å². The molecule has 2 atom stereocenters. The van der Waals surface area contributed by atoms with Crippen LogP contribution in [-0.4, -0.2) is 35.3 Å². The Labute approximate surface area is 129 Å². The molecule has 1 N–H and O–H groups in total. The van der Waals surface area contributed by atoms with Crippen molar-refractivity contribution in [1.82, 2.24) is 10.2 Å². The normalized spacial score (nSPS) is 23.7. The second kappa shape index (κ2) is 7.28. The molecule has 1 aliphatic heterocycles. The number of rotatable bonds is 6. The van der Waals surface area contributed by atoms with Gasteiger partial charge in [0.15, 0.2) is 0 Å². The first kappa shape index (κ1) is 18.0. The molecular formula is C17H32N2O2. The molecule has 0 saturated carbocycles. The molecule has 0 aromatic carbocycles. The first-order valence-corrected chi connectivity index (χ1v) is 8.31. The third-order valence-corrected chi connectivity index (χ3v) is 4.66. The van der Waals surface area contributed by atoms with E-state index in [-0.39, 0.29) is 29.8 Å². The van der Waals surface area contributed by atoms with E-state index >= 15 is 0 Å². The van der Waals surface area contributed by atoms with E-state index in [1.807, 2.05) is 25.7 Å². The largest absolute Gasteiger partial charge is 0.343 e. The van der Waals surface area contributed by atoms with Crippen molar-refractivity contribution in [1.29, 1.82) is 0 Å². The highest BCUT2D eigenvalue weighted by molar-refractivity contribution is 5.97. The Balaban J connectivity index is 3.05. The SMILES string of the molecule is CCC1NC(=O)C(C(C)C)N(CC(C(C)C)C(C)C)C1=O. The van der Waals surface area contributed by atoms with Crippen molar-refractivity contribution < 1.29 is 9.59 Å². The van der Waals surface area contributed by atoms with Crippen LogP contribution in [0.25, 0.3) is 0 Å². The van der Waals surface area contributed by atoms with E-state index in [9.17, 15) is 9.59 Å². The van der Waals surface area contributed by atoms with Crippen LogP contribution in [-0.2, 0) is 9.59 Å². The summed E-state index contributed by atoms with van der Waals surface area (Å²) in [7, 11) is 0. The van der Waals surface area contributed by atoms with Gasteiger partial charge in [-0.05, 0) is 30.1 Å². The number of nitrogens with zero attached hydrogens (tertiary/aromatic N) is 1. The van der Waals surface area contributed by atoms with Gasteiger partial charge in [-0.3, -0.25) is 9.59 Å². The lowest BCUT2D eigenvalue weighted by atomic mass is 9.83. The van der Waals surface area contributed by atoms with Crippen LogP contribution in [0.2, 0.25) is 0 Å². The van der Waals surface area contributed by atoms with E-state index in [2.05, 4.69) is 33.0 Å². The van der Waals surface area contributed by atoms with Gasteiger partial charge in [0.2, 0.25) is 11.8 Å². The average molecular weight is 296 g/mol. The maximum absolute atomic E-state index is 12.7. The number of piperazine rings is 1. The minimum Gasteiger partial charge on any atom is -0.343 e. The van der Waals surface area contributed by atoms with Crippen molar-refractivity contribution in [3.8, 4) is 0 Å². The molecule has 4 nitrogen and oxygen atoms in total. The molecule has 1 saturated heterocycles. The minimum atomic E-state index is -0.354. The highest BCUT2D eigenvalue weighted by atomic mass is 16.2. The monoisotopic (exact) mass is 296 g/mol. The van der Waals surface area contributed by atoms with Gasteiger partial charge in [0.1, 0.15) is 12.1 Å². The summed E-state index contributed by atoms with van der Waals surface area (Å²) in [5.74, 6) is 1.63. The predicted molar refractivity (Wildman–Crippen MR) is 85.7 cm³/mol. The van der Waals surface area contributed by atoms with Crippen LogP contribution in [0.4, 0.5) is 0 Å². The van der Waals surface area contributed by atoms with Gasteiger partial charge < -0.3 is 10.2 Å². The van der Waals surface area contributed by atoms with Gasteiger partial charge in [-0.15, -0.1) is 0 Å². The van der Waals surface area contributed by atoms with E-state index in [1.165, 1.54) is 0 Å². The molecule has 0 spiro atoms. The Bertz CT molecular complexity index is 369. The summed E-state index contributed by atoms with van der Waals surface area (Å²) in [4.78, 5) is 26.9. The van der Waals surface area contributed by atoms with E-state index in [0.717, 1.165) is 0 Å². The number of nitrogens with one attached hydrogen (secondary N) is 1. The zero-order valence-electron chi connectivity index (χ0n) is 14.6. The smallest absolute Gasteiger partial charge is 0.245 e. The second-order valence-corrected chi connectivity index (χ2v) is 7.30. The number of hydrogen-bond donors (Lipinski definition) is 1. The molecule has 0 aromatic rings. The van der Waals surface area contributed by atoms with Gasteiger partial charge >= 0.3 is 0 Å². The summed E-state index contributed by atoms with van der Waals surface area (Å²) in [6.45, 7) is 15.4. The van der Waals surface area contributed by atoms with Crippen LogP contribution in [0.1, 0.15) is 54.9 Å². The summed E-state index contributed by atoms with van der Waals surface area (Å²) in [6, 6.07) is -0.687. The average Bonchev–Trinajstić information content (AvgIpc) is 2.37. The maximum atomic E-state index is 12.7. The summed E-state index contributed by atoms with van der Waals surface area (Å²) in [5.41, 5.74) is 0. The number of carbonyl (C=O) groups is 2. The highest BCUT2D eigenvalue weighted by Crippen LogP contribution is 2.26. The third kappa shape index (κ3) is 3.98. The maximum Gasteiger partial charge on any atom is 0.245 e. The van der Waals surface area contributed by atoms with Gasteiger partial charge in [0.05, 0.1) is 0 Å². The lowest BCUT2D eigenvalue weighted by Crippen LogP contribution is -2.65. The molecule has 1 heterocycles. The first-order chi connectivity index (χ1) is 9.70. The Hall–Kier alpha value is -1.06. The van der Waals surface area contributed by atoms with Crippen molar-refractivity contribution in [2.45, 2.75) is 67.0 Å². The molecule has 1 fully saturated rings. The van der Waals surface area contributed by atoms with E-state index in [4.69, 9.17) is 0 Å². The van der Waals surface area contributed by atoms with Gasteiger partial charge in [0, 0.05) is 6.54 Å². The fourth-order valence-electron chi connectivity index (χ4n) is 3.36. The third-order valence-electron chi connectivity index (χ3n) is 4.66. The molecule has 0 aromatic heterocycles. The minimum absolute atomic E-state index is 0.00251. The van der Waals surface area contributed by atoms with Crippen LogP contribution in [0.5, 0.6) is 0 Å². The van der Waals surface area contributed by atoms with Crippen molar-refractivity contribution in [2.24, 2.45) is 23.7 Å².